The number of aromatic nitrogens is 2. The highest BCUT2D eigenvalue weighted by molar-refractivity contribution is 6.00. The first-order chi connectivity index (χ1) is 19.0. The molecule has 3 aromatic carbocycles. The third-order valence-corrected chi connectivity index (χ3v) is 6.29. The van der Waals surface area contributed by atoms with E-state index in [1.165, 1.54) is 24.3 Å². The number of ether oxygens (including phenoxy) is 1. The van der Waals surface area contributed by atoms with E-state index in [2.05, 4.69) is 20.6 Å². The summed E-state index contributed by atoms with van der Waals surface area (Å²) in [4.78, 5) is 32.4. The number of nitrogens with one attached hydrogen (secondary N) is 3. The molecule has 0 aliphatic carbocycles. The molecular weight excluding hydrogens is 514 g/mol. The maximum atomic E-state index is 13.6. The molecule has 7 nitrogen and oxygen atoms in total. The summed E-state index contributed by atoms with van der Waals surface area (Å²) in [5, 5.41) is 5.66. The summed E-state index contributed by atoms with van der Waals surface area (Å²) >= 11 is 0. The summed E-state index contributed by atoms with van der Waals surface area (Å²) in [6.07, 6.45) is 1.10. The molecule has 1 atom stereocenters. The number of fused-ring (bicyclic) bond motifs is 1. The number of H-pyrrole nitrogens is 1. The van der Waals surface area contributed by atoms with Gasteiger partial charge in [0.15, 0.2) is 5.82 Å². The summed E-state index contributed by atoms with van der Waals surface area (Å²) in [5.41, 5.74) is 3.72. The zero-order valence-corrected chi connectivity index (χ0v) is 23.1. The lowest BCUT2D eigenvalue weighted by atomic mass is 9.97. The third-order valence-electron chi connectivity index (χ3n) is 6.29. The molecule has 0 aliphatic heterocycles. The second-order valence-corrected chi connectivity index (χ2v) is 10.9. The van der Waals surface area contributed by atoms with Gasteiger partial charge in [-0.3, -0.25) is 4.79 Å². The van der Waals surface area contributed by atoms with Gasteiger partial charge < -0.3 is 20.4 Å². The van der Waals surface area contributed by atoms with Crippen molar-refractivity contribution in [3.8, 4) is 22.3 Å². The van der Waals surface area contributed by atoms with Gasteiger partial charge in [-0.15, -0.1) is 0 Å². The Morgan fingerprint density at radius 2 is 1.55 bits per heavy atom. The molecule has 4 aromatic rings. The Bertz CT molecular complexity index is 1480. The number of halogens is 2. The van der Waals surface area contributed by atoms with Gasteiger partial charge in [0.1, 0.15) is 17.2 Å². The molecule has 4 rings (SSSR count). The number of carbonyl (C=O) groups is 2. The van der Waals surface area contributed by atoms with E-state index in [9.17, 15) is 18.4 Å². The number of hydrogen-bond donors (Lipinski definition) is 3. The summed E-state index contributed by atoms with van der Waals surface area (Å²) < 4.78 is 32.4. The Labute approximate surface area is 232 Å². The summed E-state index contributed by atoms with van der Waals surface area (Å²) in [5.74, 6) is -0.700. The van der Waals surface area contributed by atoms with Crippen LogP contribution in [0.4, 0.5) is 13.6 Å². The summed E-state index contributed by atoms with van der Waals surface area (Å²) in [7, 11) is 0. The molecular formula is C31H34F2N4O3. The van der Waals surface area contributed by atoms with Gasteiger partial charge >= 0.3 is 6.09 Å². The van der Waals surface area contributed by atoms with Gasteiger partial charge in [0.05, 0.1) is 11.0 Å². The number of aromatic amines is 1. The molecule has 1 heterocycles. The van der Waals surface area contributed by atoms with Gasteiger partial charge in [-0.05, 0) is 92.6 Å². The summed E-state index contributed by atoms with van der Waals surface area (Å²) in [6, 6.07) is 16.0. The maximum absolute atomic E-state index is 13.6. The fraction of sp³-hybridized carbons (Fsp3) is 0.323. The van der Waals surface area contributed by atoms with Crippen LogP contribution in [0, 0.1) is 17.6 Å². The van der Waals surface area contributed by atoms with E-state index in [4.69, 9.17) is 4.74 Å². The number of alkyl carbamates (subject to hydrolysis) is 1. The topological polar surface area (TPSA) is 96.1 Å². The highest BCUT2D eigenvalue weighted by Crippen LogP contribution is 2.33. The number of rotatable bonds is 9. The monoisotopic (exact) mass is 548 g/mol. The van der Waals surface area contributed by atoms with Crippen LogP contribution in [0.5, 0.6) is 0 Å². The van der Waals surface area contributed by atoms with Gasteiger partial charge in [-0.2, -0.15) is 0 Å². The Hall–Kier alpha value is -4.27. The van der Waals surface area contributed by atoms with Gasteiger partial charge in [-0.1, -0.05) is 31.2 Å². The Kier molecular flexibility index (Phi) is 8.82. The normalized spacial score (nSPS) is 12.2. The van der Waals surface area contributed by atoms with Crippen molar-refractivity contribution in [2.75, 3.05) is 13.1 Å². The smallest absolute Gasteiger partial charge is 0.407 e. The van der Waals surface area contributed by atoms with Crippen molar-refractivity contribution >= 4 is 23.0 Å². The Morgan fingerprint density at radius 1 is 0.925 bits per heavy atom. The van der Waals surface area contributed by atoms with Crippen molar-refractivity contribution in [3.05, 3.63) is 78.1 Å². The average Bonchev–Trinajstić information content (AvgIpc) is 3.34. The van der Waals surface area contributed by atoms with Crippen molar-refractivity contribution in [3.63, 3.8) is 0 Å². The standard InChI is InChI=1S/C31H34F2N4O3/c1-19(6-5-15-34-30(39)40-31(2,3)4)18-35-29(38)28-36-26-17-22(20-7-11-23(32)12-8-20)16-25(27(26)37-28)21-9-13-24(33)14-10-21/h7-14,16-17,19H,5-6,15,18H2,1-4H3,(H,34,39)(H,35,38)(H,36,37)/t19-/m0/s1. The Morgan fingerprint density at radius 3 is 2.17 bits per heavy atom. The lowest BCUT2D eigenvalue weighted by molar-refractivity contribution is 0.0526. The Balaban J connectivity index is 1.45. The molecule has 40 heavy (non-hydrogen) atoms. The lowest BCUT2D eigenvalue weighted by Gasteiger charge is -2.19. The lowest BCUT2D eigenvalue weighted by Crippen LogP contribution is -2.33. The van der Waals surface area contributed by atoms with E-state index < -0.39 is 11.7 Å². The van der Waals surface area contributed by atoms with Gasteiger partial charge in [-0.25, -0.2) is 18.6 Å². The molecule has 210 valence electrons. The molecule has 0 saturated carbocycles. The number of amides is 2. The van der Waals surface area contributed by atoms with Crippen molar-refractivity contribution < 1.29 is 23.1 Å². The highest BCUT2D eigenvalue weighted by Gasteiger charge is 2.18. The van der Waals surface area contributed by atoms with Gasteiger partial charge in [0, 0.05) is 18.7 Å². The van der Waals surface area contributed by atoms with Gasteiger partial charge in [0.25, 0.3) is 5.91 Å². The second kappa shape index (κ2) is 12.3. The molecule has 0 unspecified atom stereocenters. The first kappa shape index (κ1) is 28.7. The van der Waals surface area contributed by atoms with E-state index in [0.717, 1.165) is 35.1 Å². The largest absolute Gasteiger partial charge is 0.444 e. The van der Waals surface area contributed by atoms with Crippen LogP contribution in [0.25, 0.3) is 33.3 Å². The molecule has 0 bridgehead atoms. The molecule has 0 aliphatic rings. The van der Waals surface area contributed by atoms with Crippen molar-refractivity contribution in [1.29, 1.82) is 0 Å². The molecule has 0 saturated heterocycles. The highest BCUT2D eigenvalue weighted by atomic mass is 19.1. The van der Waals surface area contributed by atoms with Crippen molar-refractivity contribution in [2.45, 2.75) is 46.1 Å². The quantitative estimate of drug-likeness (QED) is 0.199. The number of benzene rings is 3. The van der Waals surface area contributed by atoms with E-state index in [1.807, 2.05) is 39.8 Å². The zero-order chi connectivity index (χ0) is 28.9. The second-order valence-electron chi connectivity index (χ2n) is 10.9. The van der Waals surface area contributed by atoms with Crippen LogP contribution in [0.1, 0.15) is 51.2 Å². The van der Waals surface area contributed by atoms with E-state index in [-0.39, 0.29) is 29.3 Å². The van der Waals surface area contributed by atoms with Crippen molar-refractivity contribution in [1.82, 2.24) is 20.6 Å². The average molecular weight is 549 g/mol. The first-order valence-corrected chi connectivity index (χ1v) is 13.3. The van der Waals surface area contributed by atoms with Crippen LogP contribution >= 0.6 is 0 Å². The van der Waals surface area contributed by atoms with E-state index in [1.54, 1.807) is 24.3 Å². The molecule has 0 radical (unpaired) electrons. The van der Waals surface area contributed by atoms with Crippen LogP contribution in [0.15, 0.2) is 60.7 Å². The molecule has 0 fully saturated rings. The number of nitrogens with zero attached hydrogens (tertiary/aromatic N) is 1. The maximum Gasteiger partial charge on any atom is 0.407 e. The zero-order valence-electron chi connectivity index (χ0n) is 23.1. The minimum Gasteiger partial charge on any atom is -0.444 e. The SMILES string of the molecule is C[C@@H](CCCNC(=O)OC(C)(C)C)CNC(=O)c1nc2c(-c3ccc(F)cc3)cc(-c3ccc(F)cc3)cc2[nH]1. The van der Waals surface area contributed by atoms with Crippen LogP contribution in [-0.2, 0) is 4.74 Å². The number of carbonyl (C=O) groups excluding carboxylic acids is 2. The molecule has 2 amide bonds. The number of imidazole rings is 1. The van der Waals surface area contributed by atoms with E-state index in [0.29, 0.717) is 24.1 Å². The van der Waals surface area contributed by atoms with E-state index >= 15 is 0 Å². The molecule has 0 spiro atoms. The van der Waals surface area contributed by atoms with Gasteiger partial charge in [0.2, 0.25) is 0 Å². The minimum absolute atomic E-state index is 0.161. The molecule has 9 heteroatoms. The minimum atomic E-state index is -0.541. The van der Waals surface area contributed by atoms with Crippen molar-refractivity contribution in [2.24, 2.45) is 5.92 Å². The summed E-state index contributed by atoms with van der Waals surface area (Å²) in [6.45, 7) is 8.38. The van der Waals surface area contributed by atoms with Crippen LogP contribution in [0.3, 0.4) is 0 Å². The fourth-order valence-electron chi connectivity index (χ4n) is 4.29. The number of hydrogen-bond acceptors (Lipinski definition) is 4. The van der Waals surface area contributed by atoms with Crippen LogP contribution in [-0.4, -0.2) is 40.7 Å². The van der Waals surface area contributed by atoms with Crippen LogP contribution in [0.2, 0.25) is 0 Å². The fourth-order valence-corrected chi connectivity index (χ4v) is 4.29. The third kappa shape index (κ3) is 7.65. The predicted octanol–water partition coefficient (Wildman–Crippen LogP) is 6.85. The van der Waals surface area contributed by atoms with Crippen LogP contribution < -0.4 is 10.6 Å². The predicted molar refractivity (Wildman–Crippen MR) is 152 cm³/mol. The molecule has 1 aromatic heterocycles. The first-order valence-electron chi connectivity index (χ1n) is 13.3. The molecule has 3 N–H and O–H groups in total.